The minimum absolute atomic E-state index is 0.341. The summed E-state index contributed by atoms with van der Waals surface area (Å²) in [6.45, 7) is 8.18. The average Bonchev–Trinajstić information content (AvgIpc) is 2.70. The predicted octanol–water partition coefficient (Wildman–Crippen LogP) is 3.91. The fourth-order valence-electron chi connectivity index (χ4n) is 2.01. The fourth-order valence-corrected chi connectivity index (χ4v) is 2.90. The molecule has 0 saturated heterocycles. The number of hydrogen-bond donors (Lipinski definition) is 0. The van der Waals surface area contributed by atoms with Gasteiger partial charge in [-0.15, -0.1) is 11.3 Å². The molecule has 0 aliphatic rings. The molecule has 1 heterocycles. The van der Waals surface area contributed by atoms with E-state index in [9.17, 15) is 4.79 Å². The Hall–Kier alpha value is -1.68. The van der Waals surface area contributed by atoms with E-state index in [1.807, 2.05) is 6.92 Å². The summed E-state index contributed by atoms with van der Waals surface area (Å²) in [5.41, 5.74) is 3.88. The van der Waals surface area contributed by atoms with Crippen molar-refractivity contribution in [3.8, 4) is 10.6 Å². The highest BCUT2D eigenvalue weighted by atomic mass is 32.1. The summed E-state index contributed by atoms with van der Waals surface area (Å²) >= 11 is 1.53. The summed E-state index contributed by atoms with van der Waals surface area (Å²) < 4.78 is 5.01. The number of aryl methyl sites for hydroxylation is 3. The molecule has 0 atom stereocenters. The minimum atomic E-state index is -0.341. The minimum Gasteiger partial charge on any atom is -0.461 e. The first-order valence-corrected chi connectivity index (χ1v) is 7.06. The van der Waals surface area contributed by atoms with Crippen LogP contribution in [0.25, 0.3) is 10.6 Å². The van der Waals surface area contributed by atoms with Crippen molar-refractivity contribution in [2.45, 2.75) is 27.7 Å². The van der Waals surface area contributed by atoms with Gasteiger partial charge in [-0.25, -0.2) is 9.78 Å². The molecule has 19 heavy (non-hydrogen) atoms. The van der Waals surface area contributed by atoms with Gasteiger partial charge in [0.05, 0.1) is 6.61 Å². The number of carbonyl (C=O) groups is 1. The quantitative estimate of drug-likeness (QED) is 0.797. The number of ether oxygens (including phenoxy) is 1. The molecule has 0 spiro atoms. The Labute approximate surface area is 117 Å². The Balaban J connectivity index is 2.41. The van der Waals surface area contributed by atoms with Crippen molar-refractivity contribution in [3.05, 3.63) is 39.9 Å². The molecule has 0 amide bonds. The summed E-state index contributed by atoms with van der Waals surface area (Å²) in [7, 11) is 0. The highest BCUT2D eigenvalue weighted by Gasteiger charge is 2.17. The maximum absolute atomic E-state index is 11.8. The lowest BCUT2D eigenvalue weighted by atomic mass is 10.1. The molecule has 0 bridgehead atoms. The first-order chi connectivity index (χ1) is 9.01. The number of esters is 1. The third kappa shape index (κ3) is 3.01. The molecule has 0 N–H and O–H groups in total. The number of nitrogens with zero attached hydrogens (tertiary/aromatic N) is 1. The van der Waals surface area contributed by atoms with Crippen molar-refractivity contribution >= 4 is 17.3 Å². The van der Waals surface area contributed by atoms with Crippen molar-refractivity contribution in [1.29, 1.82) is 0 Å². The molecule has 1 aromatic heterocycles. The van der Waals surface area contributed by atoms with Crippen molar-refractivity contribution in [2.75, 3.05) is 6.61 Å². The topological polar surface area (TPSA) is 39.2 Å². The van der Waals surface area contributed by atoms with Crippen LogP contribution in [0.5, 0.6) is 0 Å². The molecular weight excluding hydrogens is 258 g/mol. The monoisotopic (exact) mass is 275 g/mol. The maximum atomic E-state index is 11.8. The van der Waals surface area contributed by atoms with E-state index >= 15 is 0 Å². The van der Waals surface area contributed by atoms with Crippen LogP contribution in [0.2, 0.25) is 0 Å². The van der Waals surface area contributed by atoms with E-state index in [2.05, 4.69) is 37.0 Å². The Kier molecular flexibility index (Phi) is 4.00. The second-order valence-corrected chi connectivity index (χ2v) is 5.72. The summed E-state index contributed by atoms with van der Waals surface area (Å²) in [4.78, 5) is 17.1. The number of hydrogen-bond acceptors (Lipinski definition) is 4. The normalized spacial score (nSPS) is 10.5. The lowest BCUT2D eigenvalue weighted by Gasteiger charge is -2.01. The second kappa shape index (κ2) is 5.53. The Morgan fingerprint density at radius 2 is 1.84 bits per heavy atom. The van der Waals surface area contributed by atoms with E-state index < -0.39 is 0 Å². The van der Waals surface area contributed by atoms with E-state index in [0.29, 0.717) is 12.3 Å². The molecular formula is C15H17NO2S. The van der Waals surface area contributed by atoms with Gasteiger partial charge in [0.25, 0.3) is 0 Å². The first kappa shape index (κ1) is 13.7. The van der Waals surface area contributed by atoms with Crippen LogP contribution in [0.15, 0.2) is 18.2 Å². The van der Waals surface area contributed by atoms with Crippen LogP contribution >= 0.6 is 11.3 Å². The van der Waals surface area contributed by atoms with E-state index in [4.69, 9.17) is 4.74 Å². The van der Waals surface area contributed by atoms with Crippen molar-refractivity contribution in [1.82, 2.24) is 4.98 Å². The molecule has 0 saturated carbocycles. The van der Waals surface area contributed by atoms with Gasteiger partial charge in [-0.1, -0.05) is 17.2 Å². The van der Waals surface area contributed by atoms with Gasteiger partial charge in [0.1, 0.15) is 5.01 Å². The summed E-state index contributed by atoms with van der Waals surface area (Å²) in [5, 5.41) is 0.868. The average molecular weight is 275 g/mol. The van der Waals surface area contributed by atoms with Gasteiger partial charge in [-0.3, -0.25) is 0 Å². The lowest BCUT2D eigenvalue weighted by Crippen LogP contribution is -2.06. The van der Waals surface area contributed by atoms with Gasteiger partial charge >= 0.3 is 5.97 Å². The molecule has 0 unspecified atom stereocenters. The third-order valence-electron chi connectivity index (χ3n) is 2.73. The number of carbonyl (C=O) groups excluding carboxylic acids is 1. The predicted molar refractivity (Wildman–Crippen MR) is 77.7 cm³/mol. The van der Waals surface area contributed by atoms with Crippen molar-refractivity contribution in [2.24, 2.45) is 0 Å². The Morgan fingerprint density at radius 3 is 2.42 bits per heavy atom. The second-order valence-electron chi connectivity index (χ2n) is 4.52. The highest BCUT2D eigenvalue weighted by molar-refractivity contribution is 7.15. The van der Waals surface area contributed by atoms with Gasteiger partial charge in [0.15, 0.2) is 5.69 Å². The van der Waals surface area contributed by atoms with E-state index in [0.717, 1.165) is 15.4 Å². The van der Waals surface area contributed by atoms with Crippen LogP contribution < -0.4 is 0 Å². The van der Waals surface area contributed by atoms with E-state index in [1.54, 1.807) is 6.92 Å². The molecule has 3 nitrogen and oxygen atoms in total. The molecule has 0 fully saturated rings. The smallest absolute Gasteiger partial charge is 0.358 e. The first-order valence-electron chi connectivity index (χ1n) is 6.24. The fraction of sp³-hybridized carbons (Fsp3) is 0.333. The molecule has 2 aromatic rings. The maximum Gasteiger partial charge on any atom is 0.358 e. The molecule has 0 aliphatic heterocycles. The van der Waals surface area contributed by atoms with Gasteiger partial charge in [0, 0.05) is 10.4 Å². The number of rotatable bonds is 3. The van der Waals surface area contributed by atoms with Crippen molar-refractivity contribution < 1.29 is 9.53 Å². The number of thiazole rings is 1. The summed E-state index contributed by atoms with van der Waals surface area (Å²) in [6.07, 6.45) is 0. The summed E-state index contributed by atoms with van der Waals surface area (Å²) in [5.74, 6) is -0.341. The third-order valence-corrected chi connectivity index (χ3v) is 3.75. The highest BCUT2D eigenvalue weighted by Crippen LogP contribution is 2.29. The van der Waals surface area contributed by atoms with Crippen LogP contribution in [0.1, 0.15) is 33.4 Å². The van der Waals surface area contributed by atoms with Crippen LogP contribution in [0.3, 0.4) is 0 Å². The zero-order valence-corrected chi connectivity index (χ0v) is 12.4. The molecule has 2 rings (SSSR count). The molecule has 100 valence electrons. The van der Waals surface area contributed by atoms with Crippen molar-refractivity contribution in [3.63, 3.8) is 0 Å². The lowest BCUT2D eigenvalue weighted by molar-refractivity contribution is 0.0519. The standard InChI is InChI=1S/C15H17NO2S/c1-5-18-15(17)13-11(4)19-14(16-13)12-7-9(2)6-10(3)8-12/h6-8H,5H2,1-4H3. The van der Waals surface area contributed by atoms with Gasteiger partial charge < -0.3 is 4.74 Å². The Bertz CT molecular complexity index is 596. The Morgan fingerprint density at radius 1 is 1.21 bits per heavy atom. The van der Waals surface area contributed by atoms with Crippen LogP contribution in [-0.2, 0) is 4.74 Å². The zero-order valence-electron chi connectivity index (χ0n) is 11.6. The van der Waals surface area contributed by atoms with Gasteiger partial charge in [-0.05, 0) is 39.8 Å². The largest absolute Gasteiger partial charge is 0.461 e. The summed E-state index contributed by atoms with van der Waals surface area (Å²) in [6, 6.07) is 6.29. The van der Waals surface area contributed by atoms with Crippen LogP contribution in [0, 0.1) is 20.8 Å². The zero-order chi connectivity index (χ0) is 14.0. The number of aromatic nitrogens is 1. The van der Waals surface area contributed by atoms with E-state index in [-0.39, 0.29) is 5.97 Å². The number of benzene rings is 1. The molecule has 4 heteroatoms. The van der Waals surface area contributed by atoms with Gasteiger partial charge in [-0.2, -0.15) is 0 Å². The van der Waals surface area contributed by atoms with Crippen LogP contribution in [0.4, 0.5) is 0 Å². The molecule has 0 aliphatic carbocycles. The molecule has 0 radical (unpaired) electrons. The van der Waals surface area contributed by atoms with Gasteiger partial charge in [0.2, 0.25) is 0 Å². The SMILES string of the molecule is CCOC(=O)c1nc(-c2cc(C)cc(C)c2)sc1C. The molecule has 1 aromatic carbocycles. The van der Waals surface area contributed by atoms with E-state index in [1.165, 1.54) is 22.5 Å². The van der Waals surface area contributed by atoms with Crippen LogP contribution in [-0.4, -0.2) is 17.6 Å².